The highest BCUT2D eigenvalue weighted by Crippen LogP contribution is 2.22. The van der Waals surface area contributed by atoms with Crippen molar-refractivity contribution < 1.29 is 9.90 Å². The van der Waals surface area contributed by atoms with Gasteiger partial charge in [-0.25, -0.2) is 0 Å². The van der Waals surface area contributed by atoms with E-state index in [1.54, 1.807) is 0 Å². The molecule has 2 aliphatic heterocycles. The van der Waals surface area contributed by atoms with E-state index < -0.39 is 0 Å². The molecule has 21 heavy (non-hydrogen) atoms. The van der Waals surface area contributed by atoms with Gasteiger partial charge in [0.2, 0.25) is 5.91 Å². The van der Waals surface area contributed by atoms with Crippen LogP contribution in [-0.2, 0) is 4.79 Å². The van der Waals surface area contributed by atoms with E-state index in [9.17, 15) is 9.90 Å². The number of hydrogen-bond donors (Lipinski definition) is 1. The van der Waals surface area contributed by atoms with E-state index in [4.69, 9.17) is 0 Å². The molecule has 2 aliphatic rings. The van der Waals surface area contributed by atoms with Gasteiger partial charge in [-0.3, -0.25) is 9.69 Å². The fraction of sp³-hybridized carbons (Fsp3) is 0.471. The molecule has 3 rings (SSSR count). The third kappa shape index (κ3) is 3.52. The second-order valence-electron chi connectivity index (χ2n) is 5.86. The van der Waals surface area contributed by atoms with Crippen LogP contribution in [0, 0.1) is 0 Å². The molecule has 112 valence electrons. The number of carbonyl (C=O) groups is 1. The minimum atomic E-state index is -0.260. The molecule has 0 aromatic heterocycles. The minimum absolute atomic E-state index is 0.174. The van der Waals surface area contributed by atoms with Gasteiger partial charge >= 0.3 is 0 Å². The van der Waals surface area contributed by atoms with Crippen LogP contribution in [0.2, 0.25) is 0 Å². The van der Waals surface area contributed by atoms with E-state index in [2.05, 4.69) is 18.2 Å². The molecule has 1 saturated heterocycles. The fourth-order valence-corrected chi connectivity index (χ4v) is 3.06. The van der Waals surface area contributed by atoms with Crippen LogP contribution < -0.4 is 0 Å². The summed E-state index contributed by atoms with van der Waals surface area (Å²) in [6, 6.07) is 10.4. The van der Waals surface area contributed by atoms with Gasteiger partial charge in [0.15, 0.2) is 0 Å². The zero-order valence-electron chi connectivity index (χ0n) is 12.2. The first kappa shape index (κ1) is 14.3. The number of hydrogen-bond acceptors (Lipinski definition) is 3. The number of benzene rings is 1. The SMILES string of the molecule is O=C(CN1CCC(O)C1)N1CC=C(c2ccccc2)CC1. The van der Waals surface area contributed by atoms with Crippen LogP contribution in [0.3, 0.4) is 0 Å². The number of likely N-dealkylation sites (tertiary alicyclic amines) is 1. The molecule has 1 aromatic rings. The van der Waals surface area contributed by atoms with E-state index in [1.807, 2.05) is 28.0 Å². The number of rotatable bonds is 3. The average molecular weight is 286 g/mol. The Bertz CT molecular complexity index is 527. The van der Waals surface area contributed by atoms with E-state index in [0.717, 1.165) is 25.9 Å². The molecule has 4 heteroatoms. The van der Waals surface area contributed by atoms with Crippen LogP contribution in [-0.4, -0.2) is 59.6 Å². The summed E-state index contributed by atoms with van der Waals surface area (Å²) in [6.45, 7) is 3.37. The first-order valence-electron chi connectivity index (χ1n) is 7.65. The maximum Gasteiger partial charge on any atom is 0.237 e. The highest BCUT2D eigenvalue weighted by atomic mass is 16.3. The molecule has 0 aliphatic carbocycles. The third-order valence-corrected chi connectivity index (χ3v) is 4.31. The maximum atomic E-state index is 12.3. The lowest BCUT2D eigenvalue weighted by Gasteiger charge is -2.28. The molecule has 1 amide bonds. The van der Waals surface area contributed by atoms with E-state index in [1.165, 1.54) is 11.1 Å². The van der Waals surface area contributed by atoms with Crippen LogP contribution in [0.4, 0.5) is 0 Å². The zero-order valence-corrected chi connectivity index (χ0v) is 12.2. The lowest BCUT2D eigenvalue weighted by molar-refractivity contribution is -0.131. The van der Waals surface area contributed by atoms with Crippen molar-refractivity contribution in [1.29, 1.82) is 0 Å². The predicted molar refractivity (Wildman–Crippen MR) is 82.7 cm³/mol. The van der Waals surface area contributed by atoms with E-state index in [0.29, 0.717) is 19.6 Å². The van der Waals surface area contributed by atoms with E-state index >= 15 is 0 Å². The number of β-amino-alcohol motifs (C(OH)–C–C–N with tert-alkyl or cyclic N) is 1. The van der Waals surface area contributed by atoms with Crippen molar-refractivity contribution >= 4 is 11.5 Å². The van der Waals surface area contributed by atoms with Crippen LogP contribution in [0.5, 0.6) is 0 Å². The van der Waals surface area contributed by atoms with E-state index in [-0.39, 0.29) is 12.0 Å². The number of aliphatic hydroxyl groups is 1. The first-order chi connectivity index (χ1) is 10.2. The number of nitrogens with zero attached hydrogens (tertiary/aromatic N) is 2. The van der Waals surface area contributed by atoms with Crippen LogP contribution in [0.1, 0.15) is 18.4 Å². The average Bonchev–Trinajstić information content (AvgIpc) is 2.93. The van der Waals surface area contributed by atoms with Crippen molar-refractivity contribution in [3.63, 3.8) is 0 Å². The molecule has 1 unspecified atom stereocenters. The Balaban J connectivity index is 1.55. The minimum Gasteiger partial charge on any atom is -0.392 e. The van der Waals surface area contributed by atoms with Crippen molar-refractivity contribution in [3.8, 4) is 0 Å². The summed E-state index contributed by atoms with van der Waals surface area (Å²) in [5.41, 5.74) is 2.59. The van der Waals surface area contributed by atoms with Crippen molar-refractivity contribution in [2.75, 3.05) is 32.7 Å². The van der Waals surface area contributed by atoms with Gasteiger partial charge < -0.3 is 10.0 Å². The van der Waals surface area contributed by atoms with Crippen molar-refractivity contribution in [3.05, 3.63) is 42.0 Å². The zero-order chi connectivity index (χ0) is 14.7. The standard InChI is InChI=1S/C17H22N2O2/c20-16-8-9-18(12-16)13-17(21)19-10-6-15(7-11-19)14-4-2-1-3-5-14/h1-6,16,20H,7-13H2. The Morgan fingerprint density at radius 1 is 1.24 bits per heavy atom. The molecule has 0 spiro atoms. The first-order valence-corrected chi connectivity index (χ1v) is 7.65. The largest absolute Gasteiger partial charge is 0.392 e. The van der Waals surface area contributed by atoms with Crippen LogP contribution in [0.25, 0.3) is 5.57 Å². The molecular formula is C17H22N2O2. The highest BCUT2D eigenvalue weighted by molar-refractivity contribution is 5.80. The molecule has 1 aromatic carbocycles. The fourth-order valence-electron chi connectivity index (χ4n) is 3.06. The summed E-state index contributed by atoms with van der Waals surface area (Å²) in [6.07, 6.45) is 3.60. The van der Waals surface area contributed by atoms with Crippen molar-refractivity contribution in [1.82, 2.24) is 9.80 Å². The van der Waals surface area contributed by atoms with Gasteiger partial charge in [-0.2, -0.15) is 0 Å². The van der Waals surface area contributed by atoms with Gasteiger partial charge in [-0.05, 0) is 24.0 Å². The monoisotopic (exact) mass is 286 g/mol. The van der Waals surface area contributed by atoms with Gasteiger partial charge in [-0.15, -0.1) is 0 Å². The summed E-state index contributed by atoms with van der Waals surface area (Å²) in [7, 11) is 0. The second-order valence-corrected chi connectivity index (χ2v) is 5.86. The molecular weight excluding hydrogens is 264 g/mol. The predicted octanol–water partition coefficient (Wildman–Crippen LogP) is 1.37. The van der Waals surface area contributed by atoms with Gasteiger partial charge in [-0.1, -0.05) is 36.4 Å². The summed E-state index contributed by atoms with van der Waals surface area (Å²) >= 11 is 0. The Morgan fingerprint density at radius 2 is 2.05 bits per heavy atom. The highest BCUT2D eigenvalue weighted by Gasteiger charge is 2.25. The lowest BCUT2D eigenvalue weighted by atomic mass is 9.99. The Morgan fingerprint density at radius 3 is 2.67 bits per heavy atom. The van der Waals surface area contributed by atoms with Gasteiger partial charge in [0.05, 0.1) is 12.6 Å². The number of carbonyl (C=O) groups excluding carboxylic acids is 1. The number of amides is 1. The molecule has 0 radical (unpaired) electrons. The smallest absolute Gasteiger partial charge is 0.237 e. The van der Waals surface area contributed by atoms with Crippen LogP contribution in [0.15, 0.2) is 36.4 Å². The topological polar surface area (TPSA) is 43.8 Å². The summed E-state index contributed by atoms with van der Waals surface area (Å²) in [4.78, 5) is 16.2. The molecule has 4 nitrogen and oxygen atoms in total. The van der Waals surface area contributed by atoms with Gasteiger partial charge in [0, 0.05) is 26.2 Å². The van der Waals surface area contributed by atoms with Gasteiger partial charge in [0.25, 0.3) is 0 Å². The Labute approximate surface area is 125 Å². The van der Waals surface area contributed by atoms with Crippen molar-refractivity contribution in [2.45, 2.75) is 18.9 Å². The summed E-state index contributed by atoms with van der Waals surface area (Å²) in [5.74, 6) is 0.174. The second kappa shape index (κ2) is 6.41. The summed E-state index contributed by atoms with van der Waals surface area (Å²) in [5, 5.41) is 9.51. The number of aliphatic hydroxyl groups excluding tert-OH is 1. The van der Waals surface area contributed by atoms with Crippen molar-refractivity contribution in [2.24, 2.45) is 0 Å². The quantitative estimate of drug-likeness (QED) is 0.912. The summed E-state index contributed by atoms with van der Waals surface area (Å²) < 4.78 is 0. The molecule has 1 fully saturated rings. The molecule has 1 N–H and O–H groups in total. The molecule has 0 bridgehead atoms. The van der Waals surface area contributed by atoms with Gasteiger partial charge in [0.1, 0.15) is 0 Å². The third-order valence-electron chi connectivity index (χ3n) is 4.31. The lowest BCUT2D eigenvalue weighted by Crippen LogP contribution is -2.41. The maximum absolute atomic E-state index is 12.3. The Hall–Kier alpha value is -1.65. The molecule has 1 atom stereocenters. The molecule has 0 saturated carbocycles. The Kier molecular flexibility index (Phi) is 4.36. The molecule has 2 heterocycles. The van der Waals surface area contributed by atoms with Crippen LogP contribution >= 0.6 is 0 Å². The normalized spacial score (nSPS) is 23.2.